The topological polar surface area (TPSA) is 97.9 Å². The van der Waals surface area contributed by atoms with Crippen LogP contribution in [0.25, 0.3) is 0 Å². The zero-order valence-electron chi connectivity index (χ0n) is 20.9. The molecule has 2 aromatic carbocycles. The van der Waals surface area contributed by atoms with E-state index in [1.165, 1.54) is 0 Å². The number of anilines is 1. The first kappa shape index (κ1) is 26.9. The third kappa shape index (κ3) is 9.88. The summed E-state index contributed by atoms with van der Waals surface area (Å²) in [5.41, 5.74) is 1.78. The molecule has 36 heavy (non-hydrogen) atoms. The van der Waals surface area contributed by atoms with Crippen molar-refractivity contribution in [3.05, 3.63) is 60.2 Å². The molecule has 0 bridgehead atoms. The minimum Gasteiger partial charge on any atom is -0.490 e. The van der Waals surface area contributed by atoms with E-state index in [2.05, 4.69) is 27.8 Å². The summed E-state index contributed by atoms with van der Waals surface area (Å²) in [5.74, 6) is 6.27. The fourth-order valence-electron chi connectivity index (χ4n) is 3.43. The zero-order chi connectivity index (χ0) is 25.6. The van der Waals surface area contributed by atoms with E-state index in [-0.39, 0.29) is 24.5 Å². The molecule has 1 aliphatic rings. The first-order valence-corrected chi connectivity index (χ1v) is 12.3. The predicted octanol–water partition coefficient (Wildman–Crippen LogP) is 3.73. The van der Waals surface area contributed by atoms with Crippen LogP contribution >= 0.6 is 0 Å². The van der Waals surface area contributed by atoms with Crippen molar-refractivity contribution in [2.45, 2.75) is 45.4 Å². The van der Waals surface area contributed by atoms with E-state index >= 15 is 0 Å². The molecule has 1 heterocycles. The van der Waals surface area contributed by atoms with Crippen molar-refractivity contribution >= 4 is 17.7 Å². The van der Waals surface area contributed by atoms with E-state index in [4.69, 9.17) is 14.2 Å². The van der Waals surface area contributed by atoms with Gasteiger partial charge in [0.05, 0.1) is 13.2 Å². The third-order valence-electron chi connectivity index (χ3n) is 5.33. The maximum atomic E-state index is 12.7. The molecule has 8 heteroatoms. The number of carbonyl (C=O) groups excluding carboxylic acids is 2. The Balaban J connectivity index is 1.41. The lowest BCUT2D eigenvalue weighted by atomic mass is 10.1. The van der Waals surface area contributed by atoms with Gasteiger partial charge in [-0.3, -0.25) is 10.1 Å². The summed E-state index contributed by atoms with van der Waals surface area (Å²) in [5, 5.41) is 8.62. The standard InChI is InChI=1S/C28H35N3O5/c1-21(2)8-13-26(31-28(33)35-20-22-6-4-3-5-7-22)27(32)30-17-16-29-23-9-11-24(12-10-23)36-25-14-18-34-19-15-25/h3-7,9-12,21,25-26,29H,14-20H2,1-2H3,(H,30,32)(H,31,33)/t26-/m0/s1. The van der Waals surface area contributed by atoms with Gasteiger partial charge in [0, 0.05) is 37.5 Å². The molecule has 1 saturated heterocycles. The molecule has 0 aliphatic carbocycles. The van der Waals surface area contributed by atoms with E-state index in [0.29, 0.717) is 13.1 Å². The lowest BCUT2D eigenvalue weighted by Crippen LogP contribution is -2.47. The van der Waals surface area contributed by atoms with Crippen molar-refractivity contribution in [2.24, 2.45) is 5.92 Å². The molecule has 1 fully saturated rings. The number of alkyl carbamates (subject to hydrolysis) is 1. The second-order valence-electron chi connectivity index (χ2n) is 8.75. The highest BCUT2D eigenvalue weighted by Gasteiger charge is 2.19. The van der Waals surface area contributed by atoms with Gasteiger partial charge in [-0.25, -0.2) is 4.79 Å². The predicted molar refractivity (Wildman–Crippen MR) is 139 cm³/mol. The maximum Gasteiger partial charge on any atom is 0.408 e. The fourth-order valence-corrected chi connectivity index (χ4v) is 3.43. The Morgan fingerprint density at radius 2 is 1.72 bits per heavy atom. The molecule has 0 spiro atoms. The number of hydrogen-bond donors (Lipinski definition) is 3. The zero-order valence-corrected chi connectivity index (χ0v) is 20.9. The molecule has 0 aromatic heterocycles. The lowest BCUT2D eigenvalue weighted by Gasteiger charge is -2.23. The Kier molecular flexibility index (Phi) is 10.9. The van der Waals surface area contributed by atoms with Crippen LogP contribution in [0.15, 0.2) is 54.6 Å². The van der Waals surface area contributed by atoms with Crippen LogP contribution in [0.3, 0.4) is 0 Å². The second kappa shape index (κ2) is 14.6. The van der Waals surface area contributed by atoms with E-state index in [0.717, 1.165) is 43.1 Å². The Morgan fingerprint density at radius 3 is 2.42 bits per heavy atom. The minimum atomic E-state index is -1.00. The summed E-state index contributed by atoms with van der Waals surface area (Å²) in [6.45, 7) is 6.30. The van der Waals surface area contributed by atoms with Gasteiger partial charge in [-0.15, -0.1) is 0 Å². The molecule has 3 rings (SSSR count). The first-order valence-electron chi connectivity index (χ1n) is 12.3. The van der Waals surface area contributed by atoms with Crippen LogP contribution in [0.4, 0.5) is 10.5 Å². The Labute approximate surface area is 213 Å². The largest absolute Gasteiger partial charge is 0.490 e. The van der Waals surface area contributed by atoms with Crippen LogP contribution in [0.1, 0.15) is 32.3 Å². The normalized spacial score (nSPS) is 14.2. The van der Waals surface area contributed by atoms with Gasteiger partial charge in [0.15, 0.2) is 6.04 Å². The molecule has 1 aliphatic heterocycles. The van der Waals surface area contributed by atoms with Crippen LogP contribution in [0.5, 0.6) is 5.75 Å². The van der Waals surface area contributed by atoms with Gasteiger partial charge in [-0.1, -0.05) is 56.0 Å². The molecule has 2 amide bonds. The van der Waals surface area contributed by atoms with Gasteiger partial charge in [-0.05, 0) is 29.8 Å². The molecule has 2 aromatic rings. The Morgan fingerprint density at radius 1 is 1.00 bits per heavy atom. The van der Waals surface area contributed by atoms with E-state index < -0.39 is 12.1 Å². The number of benzene rings is 2. The van der Waals surface area contributed by atoms with Crippen molar-refractivity contribution in [1.29, 1.82) is 0 Å². The second-order valence-corrected chi connectivity index (χ2v) is 8.75. The van der Waals surface area contributed by atoms with Gasteiger partial charge in [0.2, 0.25) is 0 Å². The van der Waals surface area contributed by atoms with E-state index in [1.807, 2.05) is 68.4 Å². The summed E-state index contributed by atoms with van der Waals surface area (Å²) < 4.78 is 16.6. The number of rotatable bonds is 10. The first-order chi connectivity index (χ1) is 17.5. The van der Waals surface area contributed by atoms with Crippen molar-refractivity contribution in [1.82, 2.24) is 10.6 Å². The molecule has 0 radical (unpaired) electrons. The smallest absolute Gasteiger partial charge is 0.408 e. The number of ether oxygens (including phenoxy) is 3. The fraction of sp³-hybridized carbons (Fsp3) is 0.429. The van der Waals surface area contributed by atoms with Crippen LogP contribution in [-0.4, -0.2) is 50.4 Å². The highest BCUT2D eigenvalue weighted by atomic mass is 16.5. The quantitative estimate of drug-likeness (QED) is 0.345. The van der Waals surface area contributed by atoms with Gasteiger partial charge >= 0.3 is 6.09 Å². The molecular formula is C28H35N3O5. The van der Waals surface area contributed by atoms with Crippen molar-refractivity contribution < 1.29 is 23.8 Å². The molecule has 8 nitrogen and oxygen atoms in total. The molecular weight excluding hydrogens is 458 g/mol. The SMILES string of the molecule is CC(C)C#C[C@H](NC(=O)OCc1ccccc1)C(=O)NCCNc1ccc(OC2CCOCC2)cc1. The summed E-state index contributed by atoms with van der Waals surface area (Å²) >= 11 is 0. The number of hydrogen-bond acceptors (Lipinski definition) is 6. The molecule has 1 atom stereocenters. The average molecular weight is 494 g/mol. The summed E-state index contributed by atoms with van der Waals surface area (Å²) in [4.78, 5) is 24.9. The number of amides is 2. The Bertz CT molecular complexity index is 1010. The third-order valence-corrected chi connectivity index (χ3v) is 5.33. The monoisotopic (exact) mass is 493 g/mol. The van der Waals surface area contributed by atoms with Crippen molar-refractivity contribution in [3.63, 3.8) is 0 Å². The highest BCUT2D eigenvalue weighted by molar-refractivity contribution is 5.88. The molecule has 0 unspecified atom stereocenters. The molecule has 3 N–H and O–H groups in total. The van der Waals surface area contributed by atoms with Gasteiger partial charge < -0.3 is 24.8 Å². The summed E-state index contributed by atoms with van der Waals surface area (Å²) in [6.07, 6.45) is 1.31. The van der Waals surface area contributed by atoms with Crippen LogP contribution in [0, 0.1) is 17.8 Å². The highest BCUT2D eigenvalue weighted by Crippen LogP contribution is 2.20. The Hall–Kier alpha value is -3.70. The van der Waals surface area contributed by atoms with Gasteiger partial charge in [0.1, 0.15) is 18.5 Å². The molecule has 192 valence electrons. The summed E-state index contributed by atoms with van der Waals surface area (Å²) in [7, 11) is 0. The van der Waals surface area contributed by atoms with Gasteiger partial charge in [-0.2, -0.15) is 0 Å². The molecule has 0 saturated carbocycles. The van der Waals surface area contributed by atoms with Crippen molar-refractivity contribution in [3.8, 4) is 17.6 Å². The van der Waals surface area contributed by atoms with Crippen LogP contribution in [-0.2, 0) is 20.9 Å². The number of nitrogens with one attached hydrogen (secondary N) is 3. The number of carbonyl (C=O) groups is 2. The van der Waals surface area contributed by atoms with Crippen LogP contribution < -0.4 is 20.7 Å². The van der Waals surface area contributed by atoms with Crippen molar-refractivity contribution in [2.75, 3.05) is 31.6 Å². The average Bonchev–Trinajstić information content (AvgIpc) is 2.89. The summed E-state index contributed by atoms with van der Waals surface area (Å²) in [6, 6.07) is 16.1. The van der Waals surface area contributed by atoms with E-state index in [1.54, 1.807) is 0 Å². The van der Waals surface area contributed by atoms with Gasteiger partial charge in [0.25, 0.3) is 5.91 Å². The lowest BCUT2D eigenvalue weighted by molar-refractivity contribution is -0.121. The van der Waals surface area contributed by atoms with E-state index in [9.17, 15) is 9.59 Å². The van der Waals surface area contributed by atoms with Crippen LogP contribution in [0.2, 0.25) is 0 Å². The minimum absolute atomic E-state index is 0.0579. The maximum absolute atomic E-state index is 12.7.